The summed E-state index contributed by atoms with van der Waals surface area (Å²) in [6, 6.07) is 0. The lowest BCUT2D eigenvalue weighted by molar-refractivity contribution is -0.136. The first kappa shape index (κ1) is 14.5. The summed E-state index contributed by atoms with van der Waals surface area (Å²) in [7, 11) is 1.69. The second-order valence-corrected chi connectivity index (χ2v) is 6.54. The molecule has 1 aromatic rings. The zero-order chi connectivity index (χ0) is 12.8. The van der Waals surface area contributed by atoms with E-state index < -0.39 is 5.97 Å². The number of rotatable bonds is 7. The molecule has 1 aromatic heterocycles. The van der Waals surface area contributed by atoms with Gasteiger partial charge in [0, 0.05) is 23.8 Å². The fourth-order valence-corrected chi connectivity index (χ4v) is 3.79. The van der Waals surface area contributed by atoms with E-state index in [2.05, 4.69) is 11.9 Å². The summed E-state index contributed by atoms with van der Waals surface area (Å²) in [6.45, 7) is 4.72. The highest BCUT2D eigenvalue weighted by Gasteiger charge is 2.13. The first-order valence-corrected chi connectivity index (χ1v) is 7.06. The van der Waals surface area contributed by atoms with Gasteiger partial charge >= 0.3 is 5.97 Å². The molecule has 1 atom stereocenters. The van der Waals surface area contributed by atoms with Crippen molar-refractivity contribution in [1.29, 1.82) is 0 Å². The van der Waals surface area contributed by atoms with E-state index in [1.807, 2.05) is 6.92 Å². The van der Waals surface area contributed by atoms with E-state index in [9.17, 15) is 4.79 Å². The lowest BCUT2D eigenvalue weighted by atomic mass is 10.3. The Morgan fingerprint density at radius 1 is 1.65 bits per heavy atom. The van der Waals surface area contributed by atoms with Crippen molar-refractivity contribution in [2.75, 3.05) is 13.7 Å². The second kappa shape index (κ2) is 6.98. The average molecular weight is 275 g/mol. The second-order valence-electron chi connectivity index (χ2n) is 3.77. The lowest BCUT2D eigenvalue weighted by Gasteiger charge is -2.07. The summed E-state index contributed by atoms with van der Waals surface area (Å²) in [6.07, 6.45) is 1.03. The molecule has 0 aromatic carbocycles. The topological polar surface area (TPSA) is 59.4 Å². The van der Waals surface area contributed by atoms with Gasteiger partial charge in [-0.15, -0.1) is 11.3 Å². The molecule has 1 heterocycles. The van der Waals surface area contributed by atoms with Crippen LogP contribution in [0.4, 0.5) is 0 Å². The SMILES string of the molecule is COCCC(C)Sc1nc(C)c(CC(=O)O)s1. The Hall–Kier alpha value is -0.590. The van der Waals surface area contributed by atoms with E-state index in [4.69, 9.17) is 9.84 Å². The minimum atomic E-state index is -0.805. The van der Waals surface area contributed by atoms with Crippen LogP contribution < -0.4 is 0 Å². The number of thiazole rings is 1. The van der Waals surface area contributed by atoms with Gasteiger partial charge in [0.2, 0.25) is 0 Å². The molecule has 0 aliphatic rings. The van der Waals surface area contributed by atoms with Crippen LogP contribution in [0.25, 0.3) is 0 Å². The lowest BCUT2D eigenvalue weighted by Crippen LogP contribution is -2.00. The maximum absolute atomic E-state index is 10.6. The minimum Gasteiger partial charge on any atom is -0.481 e. The van der Waals surface area contributed by atoms with Crippen LogP contribution in [0.15, 0.2) is 4.34 Å². The molecular formula is C11H17NO3S2. The van der Waals surface area contributed by atoms with Crippen molar-refractivity contribution in [3.8, 4) is 0 Å². The number of nitrogens with zero attached hydrogens (tertiary/aromatic N) is 1. The van der Waals surface area contributed by atoms with Gasteiger partial charge in [-0.3, -0.25) is 4.79 Å². The zero-order valence-corrected chi connectivity index (χ0v) is 11.9. The van der Waals surface area contributed by atoms with Gasteiger partial charge in [-0.2, -0.15) is 0 Å². The van der Waals surface area contributed by atoms with E-state index >= 15 is 0 Å². The summed E-state index contributed by atoms with van der Waals surface area (Å²) >= 11 is 3.16. The van der Waals surface area contributed by atoms with Crippen LogP contribution in [-0.2, 0) is 16.0 Å². The molecule has 1 N–H and O–H groups in total. The van der Waals surface area contributed by atoms with Gasteiger partial charge in [0.1, 0.15) is 0 Å². The predicted octanol–water partition coefficient (Wildman–Crippen LogP) is 2.60. The van der Waals surface area contributed by atoms with Gasteiger partial charge in [-0.1, -0.05) is 18.7 Å². The van der Waals surface area contributed by atoms with Gasteiger partial charge < -0.3 is 9.84 Å². The summed E-state index contributed by atoms with van der Waals surface area (Å²) in [5.41, 5.74) is 0.832. The highest BCUT2D eigenvalue weighted by molar-refractivity contribution is 8.01. The molecule has 0 aliphatic carbocycles. The Morgan fingerprint density at radius 3 is 2.94 bits per heavy atom. The van der Waals surface area contributed by atoms with Crippen molar-refractivity contribution in [3.05, 3.63) is 10.6 Å². The van der Waals surface area contributed by atoms with Crippen LogP contribution in [0.5, 0.6) is 0 Å². The number of carboxylic acids is 1. The molecule has 4 nitrogen and oxygen atoms in total. The standard InChI is InChI=1S/C11H17NO3S2/c1-7(4-5-15-3)16-11-12-8(2)9(17-11)6-10(13)14/h7H,4-6H2,1-3H3,(H,13,14). The number of hydrogen-bond donors (Lipinski definition) is 1. The monoisotopic (exact) mass is 275 g/mol. The minimum absolute atomic E-state index is 0.0660. The Balaban J connectivity index is 2.57. The van der Waals surface area contributed by atoms with Gasteiger partial charge in [-0.05, 0) is 13.3 Å². The number of ether oxygens (including phenoxy) is 1. The van der Waals surface area contributed by atoms with Crippen molar-refractivity contribution >= 4 is 29.1 Å². The molecular weight excluding hydrogens is 258 g/mol. The maximum atomic E-state index is 10.6. The van der Waals surface area contributed by atoms with Crippen molar-refractivity contribution in [1.82, 2.24) is 4.98 Å². The Labute approximate surface area is 109 Å². The number of carboxylic acid groups (broad SMARTS) is 1. The van der Waals surface area contributed by atoms with Crippen molar-refractivity contribution in [2.24, 2.45) is 0 Å². The summed E-state index contributed by atoms with van der Waals surface area (Å²) < 4.78 is 5.97. The summed E-state index contributed by atoms with van der Waals surface area (Å²) in [4.78, 5) is 15.9. The Morgan fingerprint density at radius 2 is 2.35 bits per heavy atom. The molecule has 17 heavy (non-hydrogen) atoms. The van der Waals surface area contributed by atoms with Gasteiger partial charge in [-0.25, -0.2) is 4.98 Å². The Bertz CT molecular complexity index is 379. The quantitative estimate of drug-likeness (QED) is 0.775. The van der Waals surface area contributed by atoms with E-state index in [-0.39, 0.29) is 6.42 Å². The van der Waals surface area contributed by atoms with Crippen molar-refractivity contribution in [2.45, 2.75) is 36.3 Å². The van der Waals surface area contributed by atoms with Crippen LogP contribution in [0.3, 0.4) is 0 Å². The Kier molecular flexibility index (Phi) is 5.94. The predicted molar refractivity (Wildman–Crippen MR) is 70.0 cm³/mol. The molecule has 1 rings (SSSR count). The van der Waals surface area contributed by atoms with E-state index in [0.29, 0.717) is 5.25 Å². The van der Waals surface area contributed by atoms with Crippen LogP contribution in [0, 0.1) is 6.92 Å². The van der Waals surface area contributed by atoms with Crippen molar-refractivity contribution < 1.29 is 14.6 Å². The number of methoxy groups -OCH3 is 1. The third-order valence-corrected chi connectivity index (χ3v) is 4.64. The molecule has 0 saturated heterocycles. The molecule has 0 spiro atoms. The molecule has 96 valence electrons. The van der Waals surface area contributed by atoms with E-state index in [1.54, 1.807) is 18.9 Å². The van der Waals surface area contributed by atoms with Crippen LogP contribution in [-0.4, -0.2) is 35.0 Å². The zero-order valence-electron chi connectivity index (χ0n) is 10.2. The molecule has 6 heteroatoms. The molecule has 0 bridgehead atoms. The molecule has 0 aliphatic heterocycles. The summed E-state index contributed by atoms with van der Waals surface area (Å²) in [5, 5.41) is 9.18. The third-order valence-electron chi connectivity index (χ3n) is 2.22. The molecule has 0 saturated carbocycles. The van der Waals surface area contributed by atoms with E-state index in [0.717, 1.165) is 27.9 Å². The number of aliphatic carboxylic acids is 1. The smallest absolute Gasteiger partial charge is 0.308 e. The van der Waals surface area contributed by atoms with Gasteiger partial charge in [0.15, 0.2) is 4.34 Å². The van der Waals surface area contributed by atoms with E-state index in [1.165, 1.54) is 11.3 Å². The number of aromatic nitrogens is 1. The van der Waals surface area contributed by atoms with Crippen molar-refractivity contribution in [3.63, 3.8) is 0 Å². The summed E-state index contributed by atoms with van der Waals surface area (Å²) in [5.74, 6) is -0.805. The molecule has 0 radical (unpaired) electrons. The number of aryl methyl sites for hydroxylation is 1. The molecule has 0 fully saturated rings. The first-order chi connectivity index (χ1) is 8.02. The van der Waals surface area contributed by atoms with Gasteiger partial charge in [0.25, 0.3) is 0 Å². The van der Waals surface area contributed by atoms with Crippen LogP contribution >= 0.6 is 23.1 Å². The number of carbonyl (C=O) groups is 1. The highest BCUT2D eigenvalue weighted by atomic mass is 32.2. The number of hydrogen-bond acceptors (Lipinski definition) is 5. The fraction of sp³-hybridized carbons (Fsp3) is 0.636. The largest absolute Gasteiger partial charge is 0.481 e. The fourth-order valence-electron chi connectivity index (χ4n) is 1.27. The number of thioether (sulfide) groups is 1. The first-order valence-electron chi connectivity index (χ1n) is 5.36. The average Bonchev–Trinajstić information content (AvgIpc) is 2.55. The molecule has 1 unspecified atom stereocenters. The van der Waals surface area contributed by atoms with Crippen LogP contribution in [0.2, 0.25) is 0 Å². The normalized spacial score (nSPS) is 12.6. The third kappa shape index (κ3) is 5.06. The molecule has 0 amide bonds. The van der Waals surface area contributed by atoms with Crippen LogP contribution in [0.1, 0.15) is 23.9 Å². The van der Waals surface area contributed by atoms with Gasteiger partial charge in [0.05, 0.1) is 12.1 Å². The highest BCUT2D eigenvalue weighted by Crippen LogP contribution is 2.31. The maximum Gasteiger partial charge on any atom is 0.308 e.